The highest BCUT2D eigenvalue weighted by Gasteiger charge is 2.23. The number of thiophene rings is 1. The van der Waals surface area contributed by atoms with Gasteiger partial charge in [0.05, 0.1) is 10.6 Å². The fourth-order valence-corrected chi connectivity index (χ4v) is 4.12. The second-order valence-electron chi connectivity index (χ2n) is 5.16. The number of nitriles is 1. The average Bonchev–Trinajstić information content (AvgIpc) is 3.06. The van der Waals surface area contributed by atoms with E-state index in [1.54, 1.807) is 10.9 Å². The molecule has 0 radical (unpaired) electrons. The number of carbonyl (C=O) groups is 1. The molecule has 0 unspecified atom stereocenters. The summed E-state index contributed by atoms with van der Waals surface area (Å²) in [6.07, 6.45) is 5.75. The summed E-state index contributed by atoms with van der Waals surface area (Å²) >= 11 is 7.55. The Morgan fingerprint density at radius 1 is 1.55 bits per heavy atom. The summed E-state index contributed by atoms with van der Waals surface area (Å²) in [6, 6.07) is 2.23. The van der Waals surface area contributed by atoms with Crippen LogP contribution in [0.5, 0.6) is 0 Å². The van der Waals surface area contributed by atoms with Crippen LogP contribution in [0.1, 0.15) is 46.3 Å². The van der Waals surface area contributed by atoms with Gasteiger partial charge in [-0.05, 0) is 38.2 Å². The minimum Gasteiger partial charge on any atom is -0.311 e. The Balaban J connectivity index is 1.89. The third kappa shape index (κ3) is 2.62. The first-order valence-electron chi connectivity index (χ1n) is 7.23. The molecule has 0 aliphatic heterocycles. The minimum atomic E-state index is -0.368. The van der Waals surface area contributed by atoms with Crippen molar-refractivity contribution in [2.45, 2.75) is 39.2 Å². The van der Waals surface area contributed by atoms with E-state index in [4.69, 9.17) is 11.6 Å². The second-order valence-corrected chi connectivity index (χ2v) is 6.67. The monoisotopic (exact) mass is 334 g/mol. The molecule has 0 saturated heterocycles. The highest BCUT2D eigenvalue weighted by atomic mass is 35.5. The van der Waals surface area contributed by atoms with Crippen LogP contribution in [0.15, 0.2) is 6.20 Å². The van der Waals surface area contributed by atoms with Crippen LogP contribution in [0.3, 0.4) is 0 Å². The first-order valence-corrected chi connectivity index (χ1v) is 8.42. The predicted molar refractivity (Wildman–Crippen MR) is 86.5 cm³/mol. The van der Waals surface area contributed by atoms with E-state index in [0.29, 0.717) is 22.1 Å². The van der Waals surface area contributed by atoms with E-state index in [1.165, 1.54) is 16.2 Å². The van der Waals surface area contributed by atoms with Crippen molar-refractivity contribution in [2.24, 2.45) is 0 Å². The molecule has 0 fully saturated rings. The molecule has 0 aromatic carbocycles. The molecule has 0 saturated carbocycles. The van der Waals surface area contributed by atoms with E-state index in [2.05, 4.69) is 16.5 Å². The number of hydrogen-bond donors (Lipinski definition) is 1. The average molecular weight is 335 g/mol. The lowest BCUT2D eigenvalue weighted by atomic mass is 9.96. The number of aromatic nitrogens is 2. The van der Waals surface area contributed by atoms with E-state index in [1.807, 2.05) is 6.92 Å². The number of carbonyl (C=O) groups excluding carboxylic acids is 1. The predicted octanol–water partition coefficient (Wildman–Crippen LogP) is 3.62. The summed E-state index contributed by atoms with van der Waals surface area (Å²) in [5, 5.41) is 17.3. The summed E-state index contributed by atoms with van der Waals surface area (Å²) < 4.78 is 1.61. The fraction of sp³-hybridized carbons (Fsp3) is 0.400. The zero-order chi connectivity index (χ0) is 15.7. The Morgan fingerprint density at radius 2 is 2.32 bits per heavy atom. The van der Waals surface area contributed by atoms with Crippen molar-refractivity contribution >= 4 is 33.8 Å². The van der Waals surface area contributed by atoms with Gasteiger partial charge in [-0.2, -0.15) is 10.4 Å². The molecule has 22 heavy (non-hydrogen) atoms. The zero-order valence-corrected chi connectivity index (χ0v) is 13.7. The van der Waals surface area contributed by atoms with E-state index in [-0.39, 0.29) is 11.6 Å². The van der Waals surface area contributed by atoms with Gasteiger partial charge in [0.25, 0.3) is 5.91 Å². The third-order valence-corrected chi connectivity index (χ3v) is 5.25. The maximum Gasteiger partial charge on any atom is 0.278 e. The van der Waals surface area contributed by atoms with Crippen molar-refractivity contribution in [3.63, 3.8) is 0 Å². The van der Waals surface area contributed by atoms with Crippen LogP contribution in [-0.4, -0.2) is 15.7 Å². The highest BCUT2D eigenvalue weighted by molar-refractivity contribution is 7.16. The van der Waals surface area contributed by atoms with Gasteiger partial charge in [-0.15, -0.1) is 11.3 Å². The van der Waals surface area contributed by atoms with Gasteiger partial charge < -0.3 is 5.32 Å². The van der Waals surface area contributed by atoms with Crippen LogP contribution in [0.25, 0.3) is 0 Å². The molecule has 2 aromatic rings. The third-order valence-electron chi connectivity index (χ3n) is 3.77. The molecule has 0 spiro atoms. The van der Waals surface area contributed by atoms with Crippen molar-refractivity contribution in [3.05, 3.63) is 32.9 Å². The molecule has 1 amide bonds. The van der Waals surface area contributed by atoms with Crippen LogP contribution in [-0.2, 0) is 19.4 Å². The Labute approximate surface area is 137 Å². The molecular formula is C15H15ClN4OS. The van der Waals surface area contributed by atoms with Gasteiger partial charge >= 0.3 is 0 Å². The van der Waals surface area contributed by atoms with Gasteiger partial charge in [0.1, 0.15) is 11.1 Å². The van der Waals surface area contributed by atoms with Crippen LogP contribution in [0, 0.1) is 11.3 Å². The van der Waals surface area contributed by atoms with Crippen molar-refractivity contribution in [1.29, 1.82) is 5.26 Å². The largest absolute Gasteiger partial charge is 0.311 e. The Bertz CT molecular complexity index is 771. The topological polar surface area (TPSA) is 70.7 Å². The standard InChI is InChI=1S/C15H15ClN4OS/c1-2-20-8-11(16)13(19-20)14(21)18-15-10(7-17)9-5-3-4-6-12(9)22-15/h8H,2-6H2,1H3,(H,18,21). The van der Waals surface area contributed by atoms with Crippen LogP contribution in [0.4, 0.5) is 5.00 Å². The van der Waals surface area contributed by atoms with E-state index in [0.717, 1.165) is 31.2 Å². The molecule has 3 rings (SSSR count). The Morgan fingerprint density at radius 3 is 3.00 bits per heavy atom. The fourth-order valence-electron chi connectivity index (χ4n) is 2.65. The molecular weight excluding hydrogens is 320 g/mol. The van der Waals surface area contributed by atoms with Crippen molar-refractivity contribution in [3.8, 4) is 6.07 Å². The second kappa shape index (κ2) is 6.11. The number of nitrogens with one attached hydrogen (secondary N) is 1. The number of nitrogens with zero attached hydrogens (tertiary/aromatic N) is 3. The van der Waals surface area contributed by atoms with Crippen LogP contribution < -0.4 is 5.32 Å². The number of rotatable bonds is 3. The molecule has 1 aliphatic carbocycles. The normalized spacial score (nSPS) is 13.5. The smallest absolute Gasteiger partial charge is 0.278 e. The van der Waals surface area contributed by atoms with E-state index < -0.39 is 0 Å². The summed E-state index contributed by atoms with van der Waals surface area (Å²) in [7, 11) is 0. The maximum absolute atomic E-state index is 12.4. The number of fused-ring (bicyclic) bond motifs is 1. The summed E-state index contributed by atoms with van der Waals surface area (Å²) in [5.74, 6) is -0.368. The number of halogens is 1. The molecule has 114 valence electrons. The molecule has 2 aromatic heterocycles. The highest BCUT2D eigenvalue weighted by Crippen LogP contribution is 2.37. The van der Waals surface area contributed by atoms with E-state index in [9.17, 15) is 10.1 Å². The number of amides is 1. The summed E-state index contributed by atoms with van der Waals surface area (Å²) in [6.45, 7) is 2.57. The molecule has 0 bridgehead atoms. The van der Waals surface area contributed by atoms with Crippen molar-refractivity contribution in [1.82, 2.24) is 9.78 Å². The Kier molecular flexibility index (Phi) is 4.19. The molecule has 0 atom stereocenters. The van der Waals surface area contributed by atoms with Gasteiger partial charge in [0.15, 0.2) is 5.69 Å². The molecule has 7 heteroatoms. The SMILES string of the molecule is CCn1cc(Cl)c(C(=O)Nc2sc3c(c2C#N)CCCC3)n1. The van der Waals surface area contributed by atoms with Crippen molar-refractivity contribution in [2.75, 3.05) is 5.32 Å². The number of anilines is 1. The van der Waals surface area contributed by atoms with Crippen LogP contribution in [0.2, 0.25) is 5.02 Å². The first kappa shape index (κ1) is 15.1. The molecule has 1 aliphatic rings. The van der Waals surface area contributed by atoms with Gasteiger partial charge in [-0.1, -0.05) is 11.6 Å². The summed E-state index contributed by atoms with van der Waals surface area (Å²) in [5.41, 5.74) is 1.89. The number of aryl methyl sites for hydroxylation is 2. The van der Waals surface area contributed by atoms with Gasteiger partial charge in [0.2, 0.25) is 0 Å². The first-order chi connectivity index (χ1) is 10.6. The molecule has 1 N–H and O–H groups in total. The zero-order valence-electron chi connectivity index (χ0n) is 12.1. The van der Waals surface area contributed by atoms with Crippen molar-refractivity contribution < 1.29 is 4.79 Å². The quantitative estimate of drug-likeness (QED) is 0.931. The van der Waals surface area contributed by atoms with Gasteiger partial charge in [0, 0.05) is 17.6 Å². The molecule has 2 heterocycles. The van der Waals surface area contributed by atoms with Gasteiger partial charge in [-0.3, -0.25) is 9.48 Å². The lowest BCUT2D eigenvalue weighted by Gasteiger charge is -2.09. The Hall–Kier alpha value is -1.84. The summed E-state index contributed by atoms with van der Waals surface area (Å²) in [4.78, 5) is 13.6. The van der Waals surface area contributed by atoms with Gasteiger partial charge in [-0.25, -0.2) is 0 Å². The lowest BCUT2D eigenvalue weighted by molar-refractivity contribution is 0.102. The van der Waals surface area contributed by atoms with E-state index >= 15 is 0 Å². The van der Waals surface area contributed by atoms with Crippen LogP contribution >= 0.6 is 22.9 Å². The lowest BCUT2D eigenvalue weighted by Crippen LogP contribution is -2.13. The minimum absolute atomic E-state index is 0.193. The number of hydrogen-bond acceptors (Lipinski definition) is 4. The molecule has 5 nitrogen and oxygen atoms in total. The maximum atomic E-state index is 12.4.